The third kappa shape index (κ3) is 8.12. The van der Waals surface area contributed by atoms with Gasteiger partial charge in [0, 0.05) is 12.6 Å². The van der Waals surface area contributed by atoms with Crippen LogP contribution < -0.4 is 9.62 Å². The van der Waals surface area contributed by atoms with Crippen LogP contribution in [0.2, 0.25) is 10.0 Å². The van der Waals surface area contributed by atoms with E-state index in [-0.39, 0.29) is 18.5 Å². The maximum atomic E-state index is 13.6. The summed E-state index contributed by atoms with van der Waals surface area (Å²) in [5, 5.41) is 3.63. The Morgan fingerprint density at radius 3 is 2.14 bits per heavy atom. The minimum atomic E-state index is -3.77. The van der Waals surface area contributed by atoms with Crippen molar-refractivity contribution in [2.75, 3.05) is 17.1 Å². The molecule has 2 rings (SSSR count). The van der Waals surface area contributed by atoms with Crippen LogP contribution >= 0.6 is 23.2 Å². The van der Waals surface area contributed by atoms with E-state index in [0.717, 1.165) is 22.5 Å². The zero-order valence-electron chi connectivity index (χ0n) is 20.7. The van der Waals surface area contributed by atoms with E-state index in [1.54, 1.807) is 42.5 Å². The molecule has 0 aromatic heterocycles. The molecular formula is C25H33Cl2N3O4S. The molecule has 35 heavy (non-hydrogen) atoms. The van der Waals surface area contributed by atoms with E-state index in [4.69, 9.17) is 23.2 Å². The Morgan fingerprint density at radius 1 is 1.00 bits per heavy atom. The van der Waals surface area contributed by atoms with Crippen molar-refractivity contribution in [2.24, 2.45) is 0 Å². The summed E-state index contributed by atoms with van der Waals surface area (Å²) in [6.45, 7) is 7.16. The van der Waals surface area contributed by atoms with E-state index in [1.165, 1.54) is 4.90 Å². The number of hydrogen-bond acceptors (Lipinski definition) is 4. The molecular weight excluding hydrogens is 509 g/mol. The second kappa shape index (κ2) is 12.6. The summed E-state index contributed by atoms with van der Waals surface area (Å²) in [6, 6.07) is 11.0. The van der Waals surface area contributed by atoms with E-state index in [1.807, 2.05) is 27.7 Å². The van der Waals surface area contributed by atoms with Crippen LogP contribution in [-0.4, -0.2) is 50.0 Å². The molecule has 0 aliphatic rings. The Hall–Kier alpha value is -2.29. The van der Waals surface area contributed by atoms with Crippen LogP contribution in [0.3, 0.4) is 0 Å². The number of aryl methyl sites for hydroxylation is 1. The van der Waals surface area contributed by atoms with Crippen molar-refractivity contribution >= 4 is 50.7 Å². The van der Waals surface area contributed by atoms with Gasteiger partial charge in [-0.3, -0.25) is 13.9 Å². The SMILES string of the molecule is CC[C@@H](C)NC(=O)[C@@H](CC)N(Cc1ccc(Cl)c(Cl)c1)C(=O)CN(c1ccc(C)cc1)S(C)(=O)=O. The van der Waals surface area contributed by atoms with Gasteiger partial charge in [0.25, 0.3) is 0 Å². The average Bonchev–Trinajstić information content (AvgIpc) is 2.79. The molecule has 2 amide bonds. The van der Waals surface area contributed by atoms with Gasteiger partial charge in [0.15, 0.2) is 0 Å². The molecule has 0 spiro atoms. The molecule has 0 aliphatic carbocycles. The molecule has 1 N–H and O–H groups in total. The molecule has 0 unspecified atom stereocenters. The number of halogens is 2. The summed E-state index contributed by atoms with van der Waals surface area (Å²) < 4.78 is 26.3. The van der Waals surface area contributed by atoms with Crippen LogP contribution in [0.25, 0.3) is 0 Å². The molecule has 2 aromatic carbocycles. The zero-order chi connectivity index (χ0) is 26.3. The van der Waals surface area contributed by atoms with Gasteiger partial charge in [-0.15, -0.1) is 0 Å². The lowest BCUT2D eigenvalue weighted by atomic mass is 10.1. The normalized spacial score (nSPS) is 13.1. The molecule has 10 heteroatoms. The molecule has 7 nitrogen and oxygen atoms in total. The highest BCUT2D eigenvalue weighted by molar-refractivity contribution is 7.92. The van der Waals surface area contributed by atoms with Crippen LogP contribution in [0.5, 0.6) is 0 Å². The van der Waals surface area contributed by atoms with Gasteiger partial charge < -0.3 is 10.2 Å². The molecule has 0 radical (unpaired) electrons. The van der Waals surface area contributed by atoms with Crippen LogP contribution in [0.15, 0.2) is 42.5 Å². The van der Waals surface area contributed by atoms with Crippen LogP contribution in [0, 0.1) is 6.92 Å². The number of carbonyl (C=O) groups is 2. The maximum absolute atomic E-state index is 13.6. The highest BCUT2D eigenvalue weighted by Crippen LogP contribution is 2.25. The summed E-state index contributed by atoms with van der Waals surface area (Å²) in [5.41, 5.74) is 2.00. The smallest absolute Gasteiger partial charge is 0.244 e. The summed E-state index contributed by atoms with van der Waals surface area (Å²) >= 11 is 12.2. The molecule has 0 saturated carbocycles. The number of nitrogens with zero attached hydrogens (tertiary/aromatic N) is 2. The topological polar surface area (TPSA) is 86.8 Å². The van der Waals surface area contributed by atoms with Crippen LogP contribution in [0.1, 0.15) is 44.7 Å². The third-order valence-corrected chi connectivity index (χ3v) is 7.60. The number of hydrogen-bond donors (Lipinski definition) is 1. The van der Waals surface area contributed by atoms with Gasteiger partial charge in [-0.05, 0) is 56.5 Å². The number of benzene rings is 2. The fourth-order valence-corrected chi connectivity index (χ4v) is 4.69. The van der Waals surface area contributed by atoms with Gasteiger partial charge in [0.1, 0.15) is 12.6 Å². The Morgan fingerprint density at radius 2 is 1.63 bits per heavy atom. The van der Waals surface area contributed by atoms with Crippen molar-refractivity contribution in [3.8, 4) is 0 Å². The fraction of sp³-hybridized carbons (Fsp3) is 0.440. The minimum absolute atomic E-state index is 0.0631. The molecule has 192 valence electrons. The summed E-state index contributed by atoms with van der Waals surface area (Å²) in [4.78, 5) is 28.2. The van der Waals surface area contributed by atoms with E-state index >= 15 is 0 Å². The molecule has 0 bridgehead atoms. The van der Waals surface area contributed by atoms with Crippen molar-refractivity contribution in [1.29, 1.82) is 0 Å². The second-order valence-electron chi connectivity index (χ2n) is 8.62. The van der Waals surface area contributed by atoms with E-state index in [9.17, 15) is 18.0 Å². The summed E-state index contributed by atoms with van der Waals surface area (Å²) in [6.07, 6.45) is 2.13. The Balaban J connectivity index is 2.45. The molecule has 0 heterocycles. The van der Waals surface area contributed by atoms with Crippen molar-refractivity contribution < 1.29 is 18.0 Å². The maximum Gasteiger partial charge on any atom is 0.244 e. The highest BCUT2D eigenvalue weighted by Gasteiger charge is 2.32. The first-order valence-electron chi connectivity index (χ1n) is 11.5. The second-order valence-corrected chi connectivity index (χ2v) is 11.3. The lowest BCUT2D eigenvalue weighted by Gasteiger charge is -2.33. The lowest BCUT2D eigenvalue weighted by molar-refractivity contribution is -0.140. The highest BCUT2D eigenvalue weighted by atomic mass is 35.5. The van der Waals surface area contributed by atoms with Gasteiger partial charge in [-0.25, -0.2) is 8.42 Å². The van der Waals surface area contributed by atoms with Gasteiger partial charge in [0.2, 0.25) is 21.8 Å². The molecule has 0 aliphatic heterocycles. The Labute approximate surface area is 218 Å². The molecule has 2 aromatic rings. The molecule has 0 saturated heterocycles. The lowest BCUT2D eigenvalue weighted by Crippen LogP contribution is -2.53. The Kier molecular flexibility index (Phi) is 10.4. The van der Waals surface area contributed by atoms with E-state index < -0.39 is 28.5 Å². The average molecular weight is 543 g/mol. The summed E-state index contributed by atoms with van der Waals surface area (Å²) in [5.74, 6) is -0.801. The predicted octanol–water partition coefficient (Wildman–Crippen LogP) is 4.79. The summed E-state index contributed by atoms with van der Waals surface area (Å²) in [7, 11) is -3.77. The quantitative estimate of drug-likeness (QED) is 0.443. The van der Waals surface area contributed by atoms with Crippen molar-refractivity contribution in [3.05, 3.63) is 63.6 Å². The van der Waals surface area contributed by atoms with Gasteiger partial charge in [-0.1, -0.05) is 60.8 Å². The van der Waals surface area contributed by atoms with Gasteiger partial charge in [-0.2, -0.15) is 0 Å². The molecule has 2 atom stereocenters. The third-order valence-electron chi connectivity index (χ3n) is 5.73. The number of carbonyl (C=O) groups excluding carboxylic acids is 2. The van der Waals surface area contributed by atoms with E-state index in [2.05, 4.69) is 5.32 Å². The first-order chi connectivity index (χ1) is 16.4. The van der Waals surface area contributed by atoms with E-state index in [0.29, 0.717) is 27.7 Å². The van der Waals surface area contributed by atoms with Gasteiger partial charge in [0.05, 0.1) is 22.0 Å². The minimum Gasteiger partial charge on any atom is -0.352 e. The predicted molar refractivity (Wildman–Crippen MR) is 142 cm³/mol. The van der Waals surface area contributed by atoms with Crippen molar-refractivity contribution in [1.82, 2.24) is 10.2 Å². The van der Waals surface area contributed by atoms with Gasteiger partial charge >= 0.3 is 0 Å². The van der Waals surface area contributed by atoms with Crippen LogP contribution in [0.4, 0.5) is 5.69 Å². The standard InChI is InChI=1S/C25H33Cl2N3O4S/c1-6-18(4)28-25(32)23(7-2)29(15-19-10-13-21(26)22(27)14-19)24(31)16-30(35(5,33)34)20-11-8-17(3)9-12-20/h8-14,18,23H,6-7,15-16H2,1-5H3,(H,28,32)/t18-,23-/m1/s1. The largest absolute Gasteiger partial charge is 0.352 e. The number of sulfonamides is 1. The first kappa shape index (κ1) is 28.9. The van der Waals surface area contributed by atoms with Crippen molar-refractivity contribution in [3.63, 3.8) is 0 Å². The van der Waals surface area contributed by atoms with Crippen molar-refractivity contribution in [2.45, 2.75) is 59.2 Å². The fourth-order valence-electron chi connectivity index (χ4n) is 3.52. The number of amides is 2. The Bertz CT molecular complexity index is 1140. The number of nitrogens with one attached hydrogen (secondary N) is 1. The first-order valence-corrected chi connectivity index (χ1v) is 14.1. The van der Waals surface area contributed by atoms with Crippen LogP contribution in [-0.2, 0) is 26.2 Å². The number of anilines is 1. The number of rotatable bonds is 11. The zero-order valence-corrected chi connectivity index (χ0v) is 23.0. The monoisotopic (exact) mass is 541 g/mol. The molecule has 0 fully saturated rings.